The van der Waals surface area contributed by atoms with Crippen LogP contribution < -0.4 is 4.57 Å². The van der Waals surface area contributed by atoms with Crippen molar-refractivity contribution in [2.75, 3.05) is 0 Å². The van der Waals surface area contributed by atoms with E-state index in [1.54, 1.807) is 11.1 Å². The van der Waals surface area contributed by atoms with E-state index in [1.807, 2.05) is 0 Å². The summed E-state index contributed by atoms with van der Waals surface area (Å²) in [5.74, 6) is 0. The molecule has 0 amide bonds. The molecule has 1 heterocycles. The summed E-state index contributed by atoms with van der Waals surface area (Å²) in [6, 6.07) is 2.49. The zero-order valence-corrected chi connectivity index (χ0v) is 17.5. The predicted octanol–water partition coefficient (Wildman–Crippen LogP) is 7.19. The summed E-state index contributed by atoms with van der Waals surface area (Å²) in [5.41, 5.74) is 3.12. The summed E-state index contributed by atoms with van der Waals surface area (Å²) >= 11 is 0. The van der Waals surface area contributed by atoms with Crippen molar-refractivity contribution in [1.82, 2.24) is 0 Å². The van der Waals surface area contributed by atoms with Crippen LogP contribution in [0.4, 0.5) is 0 Å². The molecule has 0 unspecified atom stereocenters. The van der Waals surface area contributed by atoms with Gasteiger partial charge in [0.2, 0.25) is 0 Å². The number of unbranched alkanes of at least 4 members (excludes halogenated alkanes) is 10. The lowest BCUT2D eigenvalue weighted by atomic mass is 10.0. The summed E-state index contributed by atoms with van der Waals surface area (Å²) in [4.78, 5) is 0. The largest absolute Gasteiger partial charge is 0.205 e. The lowest BCUT2D eigenvalue weighted by Gasteiger charge is -2.06. The molecule has 144 valence electrons. The van der Waals surface area contributed by atoms with E-state index in [-0.39, 0.29) is 0 Å². The maximum Gasteiger partial charge on any atom is 0.171 e. The molecule has 1 rings (SSSR count). The zero-order chi connectivity index (χ0) is 18.2. The second-order valence-corrected chi connectivity index (χ2v) is 7.83. The molecule has 1 nitrogen and oxygen atoms in total. The van der Waals surface area contributed by atoms with Crippen LogP contribution in [-0.2, 0) is 19.4 Å². The first-order valence-electron chi connectivity index (χ1n) is 11.3. The molecule has 0 aliphatic heterocycles. The Morgan fingerprint density at radius 1 is 0.560 bits per heavy atom. The fourth-order valence-electron chi connectivity index (χ4n) is 3.66. The third-order valence-electron chi connectivity index (χ3n) is 5.15. The first-order chi connectivity index (χ1) is 12.3. The van der Waals surface area contributed by atoms with Gasteiger partial charge in [-0.1, -0.05) is 85.0 Å². The number of rotatable bonds is 16. The second kappa shape index (κ2) is 15.4. The SMILES string of the molecule is CCCCCCCCc1cc(CCCCCCCC)c[n+](CCC)c1. The maximum atomic E-state index is 2.49. The molecule has 0 N–H and O–H groups in total. The van der Waals surface area contributed by atoms with E-state index in [0.717, 1.165) is 6.54 Å². The van der Waals surface area contributed by atoms with E-state index in [9.17, 15) is 0 Å². The Hall–Kier alpha value is -0.850. The number of hydrogen-bond acceptors (Lipinski definition) is 0. The molecule has 0 fully saturated rings. The number of nitrogens with zero attached hydrogens (tertiary/aromatic N) is 1. The van der Waals surface area contributed by atoms with E-state index in [2.05, 4.69) is 43.8 Å². The molecule has 25 heavy (non-hydrogen) atoms. The van der Waals surface area contributed by atoms with Crippen LogP contribution in [0.25, 0.3) is 0 Å². The zero-order valence-electron chi connectivity index (χ0n) is 17.5. The van der Waals surface area contributed by atoms with Gasteiger partial charge in [-0.15, -0.1) is 0 Å². The van der Waals surface area contributed by atoms with E-state index < -0.39 is 0 Å². The van der Waals surface area contributed by atoms with Gasteiger partial charge in [-0.05, 0) is 31.7 Å². The topological polar surface area (TPSA) is 3.88 Å². The Kier molecular flexibility index (Phi) is 13.7. The molecule has 0 aliphatic rings. The van der Waals surface area contributed by atoms with Gasteiger partial charge in [0.1, 0.15) is 6.54 Å². The van der Waals surface area contributed by atoms with Gasteiger partial charge in [0.15, 0.2) is 12.4 Å². The minimum absolute atomic E-state index is 1.16. The monoisotopic (exact) mass is 346 g/mol. The van der Waals surface area contributed by atoms with Crippen LogP contribution in [0.15, 0.2) is 18.5 Å². The normalized spacial score (nSPS) is 11.2. The summed E-state index contributed by atoms with van der Waals surface area (Å²) in [7, 11) is 0. The Morgan fingerprint density at radius 2 is 1.00 bits per heavy atom. The fraction of sp³-hybridized carbons (Fsp3) is 0.792. The molecule has 0 saturated carbocycles. The van der Waals surface area contributed by atoms with Crippen molar-refractivity contribution < 1.29 is 4.57 Å². The predicted molar refractivity (Wildman–Crippen MR) is 111 cm³/mol. The third kappa shape index (κ3) is 11.4. The van der Waals surface area contributed by atoms with Crippen LogP contribution in [0, 0.1) is 0 Å². The Labute approximate surface area is 158 Å². The molecular formula is C24H44N+. The number of pyridine rings is 1. The van der Waals surface area contributed by atoms with E-state index in [0.29, 0.717) is 0 Å². The van der Waals surface area contributed by atoms with Crippen molar-refractivity contribution in [2.24, 2.45) is 0 Å². The highest BCUT2D eigenvalue weighted by atomic mass is 14.9. The molecule has 0 aliphatic carbocycles. The highest BCUT2D eigenvalue weighted by Gasteiger charge is 2.07. The van der Waals surface area contributed by atoms with Crippen LogP contribution in [-0.4, -0.2) is 0 Å². The smallest absolute Gasteiger partial charge is 0.171 e. The first-order valence-corrected chi connectivity index (χ1v) is 11.3. The average Bonchev–Trinajstić information content (AvgIpc) is 2.61. The highest BCUT2D eigenvalue weighted by molar-refractivity contribution is 5.15. The second-order valence-electron chi connectivity index (χ2n) is 7.83. The van der Waals surface area contributed by atoms with E-state index in [1.165, 1.54) is 96.3 Å². The summed E-state index contributed by atoms with van der Waals surface area (Å²) in [6.07, 6.45) is 25.2. The molecular weight excluding hydrogens is 302 g/mol. The van der Waals surface area contributed by atoms with Gasteiger partial charge >= 0.3 is 0 Å². The van der Waals surface area contributed by atoms with Crippen LogP contribution in [0.2, 0.25) is 0 Å². The first kappa shape index (κ1) is 22.2. The molecule has 1 aromatic heterocycles. The van der Waals surface area contributed by atoms with Crippen molar-refractivity contribution in [1.29, 1.82) is 0 Å². The maximum absolute atomic E-state index is 2.49. The Bertz CT molecular complexity index is 390. The lowest BCUT2D eigenvalue weighted by molar-refractivity contribution is -0.697. The number of aryl methyl sites for hydroxylation is 3. The standard InChI is InChI=1S/C24H44N/c1-4-7-9-11-13-15-17-23-20-24(22-25(21-23)19-6-3)18-16-14-12-10-8-5-2/h20-22H,4-19H2,1-3H3/q+1. The average molecular weight is 347 g/mol. The van der Waals surface area contributed by atoms with E-state index >= 15 is 0 Å². The molecule has 0 atom stereocenters. The van der Waals surface area contributed by atoms with Crippen LogP contribution >= 0.6 is 0 Å². The molecule has 0 aromatic carbocycles. The van der Waals surface area contributed by atoms with Gasteiger partial charge in [-0.2, -0.15) is 0 Å². The molecule has 1 heteroatoms. The van der Waals surface area contributed by atoms with Crippen molar-refractivity contribution in [3.63, 3.8) is 0 Å². The summed E-state index contributed by atoms with van der Waals surface area (Å²) in [6.45, 7) is 8.03. The molecule has 0 radical (unpaired) electrons. The molecule has 0 spiro atoms. The van der Waals surface area contributed by atoms with Crippen LogP contribution in [0.1, 0.15) is 115 Å². The number of hydrogen-bond donors (Lipinski definition) is 0. The number of aromatic nitrogens is 1. The Balaban J connectivity index is 2.41. The van der Waals surface area contributed by atoms with Gasteiger partial charge in [-0.25, -0.2) is 4.57 Å². The van der Waals surface area contributed by atoms with Gasteiger partial charge in [0.25, 0.3) is 0 Å². The lowest BCUT2D eigenvalue weighted by Crippen LogP contribution is -2.34. The molecule has 0 bridgehead atoms. The van der Waals surface area contributed by atoms with Crippen LogP contribution in [0.5, 0.6) is 0 Å². The highest BCUT2D eigenvalue weighted by Crippen LogP contribution is 2.13. The fourth-order valence-corrected chi connectivity index (χ4v) is 3.66. The minimum atomic E-state index is 1.16. The van der Waals surface area contributed by atoms with Crippen molar-refractivity contribution >= 4 is 0 Å². The van der Waals surface area contributed by atoms with Crippen molar-refractivity contribution in [3.8, 4) is 0 Å². The summed E-state index contributed by atoms with van der Waals surface area (Å²) < 4.78 is 2.44. The van der Waals surface area contributed by atoms with E-state index in [4.69, 9.17) is 0 Å². The minimum Gasteiger partial charge on any atom is -0.205 e. The van der Waals surface area contributed by atoms with Gasteiger partial charge in [0, 0.05) is 17.5 Å². The molecule has 0 saturated heterocycles. The van der Waals surface area contributed by atoms with Crippen molar-refractivity contribution in [2.45, 2.75) is 124 Å². The van der Waals surface area contributed by atoms with Gasteiger partial charge in [-0.3, -0.25) is 0 Å². The van der Waals surface area contributed by atoms with Crippen LogP contribution in [0.3, 0.4) is 0 Å². The van der Waals surface area contributed by atoms with Crippen molar-refractivity contribution in [3.05, 3.63) is 29.6 Å². The van der Waals surface area contributed by atoms with Gasteiger partial charge in [0.05, 0.1) is 0 Å². The molecule has 1 aromatic rings. The third-order valence-corrected chi connectivity index (χ3v) is 5.15. The van der Waals surface area contributed by atoms with Gasteiger partial charge < -0.3 is 0 Å². The summed E-state index contributed by atoms with van der Waals surface area (Å²) in [5, 5.41) is 0. The Morgan fingerprint density at radius 3 is 1.44 bits per heavy atom. The quantitative estimate of drug-likeness (QED) is 0.220.